The Bertz CT molecular complexity index is 548. The van der Waals surface area contributed by atoms with Crippen LogP contribution in [0.25, 0.3) is 0 Å². The second-order valence-electron chi connectivity index (χ2n) is 6.77. The molecule has 0 aromatic heterocycles. The van der Waals surface area contributed by atoms with E-state index in [2.05, 4.69) is 54.4 Å². The minimum absolute atomic E-state index is 0. The van der Waals surface area contributed by atoms with Gasteiger partial charge in [-0.2, -0.15) is 0 Å². The second-order valence-corrected chi connectivity index (χ2v) is 6.77. The van der Waals surface area contributed by atoms with Crippen molar-refractivity contribution in [3.05, 3.63) is 29.8 Å². The van der Waals surface area contributed by atoms with Gasteiger partial charge in [0.15, 0.2) is 5.96 Å². The number of nitrogens with one attached hydrogen (secondary N) is 2. The lowest BCUT2D eigenvalue weighted by atomic mass is 10.2. The van der Waals surface area contributed by atoms with Crippen molar-refractivity contribution in [2.45, 2.75) is 51.8 Å². The molecule has 1 aromatic rings. The van der Waals surface area contributed by atoms with Crippen LogP contribution in [0.15, 0.2) is 29.3 Å². The highest BCUT2D eigenvalue weighted by Gasteiger charge is 2.28. The van der Waals surface area contributed by atoms with E-state index in [9.17, 15) is 0 Å². The van der Waals surface area contributed by atoms with Gasteiger partial charge in [-0.05, 0) is 52.3 Å². The highest BCUT2D eigenvalue weighted by atomic mass is 127. The number of nitrogens with zero attached hydrogens (tertiary/aromatic N) is 2. The van der Waals surface area contributed by atoms with E-state index in [1.54, 1.807) is 7.05 Å². The van der Waals surface area contributed by atoms with Crippen LogP contribution in [0, 0.1) is 6.92 Å². The van der Waals surface area contributed by atoms with Crippen molar-refractivity contribution in [1.29, 1.82) is 0 Å². The monoisotopic (exact) mass is 460 g/mol. The summed E-state index contributed by atoms with van der Waals surface area (Å²) in [5, 5.41) is 6.75. The molecule has 0 aliphatic heterocycles. The van der Waals surface area contributed by atoms with Crippen LogP contribution in [0.5, 0.6) is 5.75 Å². The van der Waals surface area contributed by atoms with Crippen LogP contribution in [-0.4, -0.2) is 56.2 Å². The van der Waals surface area contributed by atoms with E-state index in [4.69, 9.17) is 4.74 Å². The largest absolute Gasteiger partial charge is 0.489 e. The summed E-state index contributed by atoms with van der Waals surface area (Å²) in [4.78, 5) is 6.75. The Labute approximate surface area is 169 Å². The molecule has 25 heavy (non-hydrogen) atoms. The number of aryl methyl sites for hydroxylation is 1. The van der Waals surface area contributed by atoms with Gasteiger partial charge in [-0.3, -0.25) is 9.89 Å². The van der Waals surface area contributed by atoms with Crippen molar-refractivity contribution in [3.8, 4) is 5.75 Å². The molecular weight excluding hydrogens is 427 g/mol. The molecule has 0 heterocycles. The molecule has 1 aliphatic carbocycles. The van der Waals surface area contributed by atoms with Crippen LogP contribution in [-0.2, 0) is 0 Å². The topological polar surface area (TPSA) is 48.9 Å². The lowest BCUT2D eigenvalue weighted by molar-refractivity contribution is 0.221. The van der Waals surface area contributed by atoms with Crippen molar-refractivity contribution in [3.63, 3.8) is 0 Å². The number of ether oxygens (including phenoxy) is 1. The standard InChI is InChI=1S/C19H32N4O.HI/c1-14-8-6-7-9-18(14)24-16(3)13-22-19(20-4)21-12-15(2)23(5)17-10-11-17;/h6-9,15-17H,10-13H2,1-5H3,(H2,20,21,22);1H. The van der Waals surface area contributed by atoms with Gasteiger partial charge >= 0.3 is 0 Å². The smallest absolute Gasteiger partial charge is 0.191 e. The van der Waals surface area contributed by atoms with Crippen molar-refractivity contribution in [2.24, 2.45) is 4.99 Å². The van der Waals surface area contributed by atoms with Crippen LogP contribution >= 0.6 is 24.0 Å². The first kappa shape index (κ1) is 22.0. The molecule has 1 aliphatic rings. The van der Waals surface area contributed by atoms with E-state index in [1.165, 1.54) is 12.8 Å². The number of guanidine groups is 1. The predicted octanol–water partition coefficient (Wildman–Crippen LogP) is 3.03. The lowest BCUT2D eigenvalue weighted by Gasteiger charge is -2.26. The van der Waals surface area contributed by atoms with Crippen molar-refractivity contribution >= 4 is 29.9 Å². The molecule has 2 rings (SSSR count). The number of benzene rings is 1. The van der Waals surface area contributed by atoms with Gasteiger partial charge in [0.05, 0.1) is 6.54 Å². The molecule has 5 nitrogen and oxygen atoms in total. The van der Waals surface area contributed by atoms with E-state index < -0.39 is 0 Å². The highest BCUT2D eigenvalue weighted by Crippen LogP contribution is 2.26. The average molecular weight is 460 g/mol. The highest BCUT2D eigenvalue weighted by molar-refractivity contribution is 14.0. The Hall–Kier alpha value is -1.02. The Kier molecular flexibility index (Phi) is 9.56. The van der Waals surface area contributed by atoms with Gasteiger partial charge < -0.3 is 15.4 Å². The zero-order valence-corrected chi connectivity index (χ0v) is 18.4. The van der Waals surface area contributed by atoms with Crippen LogP contribution in [0.1, 0.15) is 32.3 Å². The molecule has 2 unspecified atom stereocenters. The maximum absolute atomic E-state index is 5.99. The SMILES string of the molecule is CN=C(NCC(C)Oc1ccccc1C)NCC(C)N(C)C1CC1.I. The summed E-state index contributed by atoms with van der Waals surface area (Å²) in [5.41, 5.74) is 1.16. The van der Waals surface area contributed by atoms with Gasteiger partial charge in [0.25, 0.3) is 0 Å². The third-order valence-corrected chi connectivity index (χ3v) is 4.59. The van der Waals surface area contributed by atoms with Gasteiger partial charge in [0, 0.05) is 25.7 Å². The molecule has 2 atom stereocenters. The maximum atomic E-state index is 5.99. The van der Waals surface area contributed by atoms with Gasteiger partial charge in [-0.1, -0.05) is 18.2 Å². The number of rotatable bonds is 8. The zero-order valence-electron chi connectivity index (χ0n) is 16.1. The second kappa shape index (κ2) is 10.9. The number of hydrogen-bond donors (Lipinski definition) is 2. The predicted molar refractivity (Wildman–Crippen MR) is 116 cm³/mol. The van der Waals surface area contributed by atoms with E-state index in [1.807, 2.05) is 18.2 Å². The summed E-state index contributed by atoms with van der Waals surface area (Å²) in [6.07, 6.45) is 2.74. The molecule has 0 spiro atoms. The molecule has 1 fully saturated rings. The van der Waals surface area contributed by atoms with Gasteiger partial charge in [0.2, 0.25) is 0 Å². The molecule has 6 heteroatoms. The molecule has 0 saturated heterocycles. The molecule has 1 saturated carbocycles. The lowest BCUT2D eigenvalue weighted by Crippen LogP contribution is -2.47. The number of likely N-dealkylation sites (N-methyl/N-ethyl adjacent to an activating group) is 1. The summed E-state index contributed by atoms with van der Waals surface area (Å²) < 4.78 is 5.99. The fourth-order valence-electron chi connectivity index (χ4n) is 2.64. The molecule has 0 amide bonds. The maximum Gasteiger partial charge on any atom is 0.191 e. The average Bonchev–Trinajstić information content (AvgIpc) is 3.41. The Morgan fingerprint density at radius 3 is 2.48 bits per heavy atom. The van der Waals surface area contributed by atoms with E-state index in [0.717, 1.165) is 29.9 Å². The van der Waals surface area contributed by atoms with E-state index >= 15 is 0 Å². The molecule has 1 aromatic carbocycles. The molecule has 2 N–H and O–H groups in total. The first-order valence-corrected chi connectivity index (χ1v) is 8.90. The molecule has 142 valence electrons. The molecule has 0 bridgehead atoms. The van der Waals surface area contributed by atoms with Crippen LogP contribution < -0.4 is 15.4 Å². The van der Waals surface area contributed by atoms with E-state index in [0.29, 0.717) is 12.6 Å². The number of para-hydroxylation sites is 1. The summed E-state index contributed by atoms with van der Waals surface area (Å²) in [6.45, 7) is 7.98. The normalized spacial score (nSPS) is 16.8. The number of aliphatic imine (C=N–C) groups is 1. The molecule has 0 radical (unpaired) electrons. The van der Waals surface area contributed by atoms with Gasteiger partial charge in [0.1, 0.15) is 11.9 Å². The zero-order chi connectivity index (χ0) is 17.5. The number of hydrogen-bond acceptors (Lipinski definition) is 3. The first-order valence-electron chi connectivity index (χ1n) is 8.90. The Morgan fingerprint density at radius 1 is 1.24 bits per heavy atom. The van der Waals surface area contributed by atoms with Gasteiger partial charge in [-0.25, -0.2) is 0 Å². The van der Waals surface area contributed by atoms with Crippen LogP contribution in [0.4, 0.5) is 0 Å². The third kappa shape index (κ3) is 7.40. The minimum atomic E-state index is 0. The quantitative estimate of drug-likeness (QED) is 0.356. The summed E-state index contributed by atoms with van der Waals surface area (Å²) >= 11 is 0. The number of halogens is 1. The van der Waals surface area contributed by atoms with Crippen molar-refractivity contribution < 1.29 is 4.74 Å². The first-order chi connectivity index (χ1) is 11.5. The fourth-order valence-corrected chi connectivity index (χ4v) is 2.64. The van der Waals surface area contributed by atoms with Crippen molar-refractivity contribution in [2.75, 3.05) is 27.2 Å². The van der Waals surface area contributed by atoms with Crippen molar-refractivity contribution in [1.82, 2.24) is 15.5 Å². The summed E-state index contributed by atoms with van der Waals surface area (Å²) in [6, 6.07) is 9.37. The van der Waals surface area contributed by atoms with Gasteiger partial charge in [-0.15, -0.1) is 24.0 Å². The summed E-state index contributed by atoms with van der Waals surface area (Å²) in [5.74, 6) is 1.76. The van der Waals surface area contributed by atoms with E-state index in [-0.39, 0.29) is 30.1 Å². The Balaban J connectivity index is 0.00000312. The minimum Gasteiger partial charge on any atom is -0.489 e. The third-order valence-electron chi connectivity index (χ3n) is 4.59. The van der Waals surface area contributed by atoms with Crippen LogP contribution in [0.3, 0.4) is 0 Å². The Morgan fingerprint density at radius 2 is 1.88 bits per heavy atom. The summed E-state index contributed by atoms with van der Waals surface area (Å²) in [7, 11) is 4.01. The van der Waals surface area contributed by atoms with Crippen LogP contribution in [0.2, 0.25) is 0 Å². The molecular formula is C19H33IN4O. The fraction of sp³-hybridized carbons (Fsp3) is 0.632.